The van der Waals surface area contributed by atoms with Gasteiger partial charge in [0.2, 0.25) is 0 Å². The van der Waals surface area contributed by atoms with Gasteiger partial charge in [0.05, 0.1) is 4.21 Å². The van der Waals surface area contributed by atoms with Crippen LogP contribution in [0.15, 0.2) is 15.7 Å². The van der Waals surface area contributed by atoms with Crippen LogP contribution < -0.4 is 10.5 Å². The summed E-state index contributed by atoms with van der Waals surface area (Å²) in [5, 5.41) is 10.6. The van der Waals surface area contributed by atoms with Crippen molar-refractivity contribution in [1.82, 2.24) is 5.32 Å². The third kappa shape index (κ3) is 1.98. The number of nitrogens with two attached hydrogens (primary N) is 1. The van der Waals surface area contributed by atoms with E-state index >= 15 is 0 Å². The summed E-state index contributed by atoms with van der Waals surface area (Å²) >= 11 is 2.99. The van der Waals surface area contributed by atoms with Crippen molar-refractivity contribution in [3.05, 3.63) is 17.0 Å². The number of rotatable bonds is 3. The van der Waals surface area contributed by atoms with Crippen molar-refractivity contribution in [2.24, 2.45) is 5.14 Å². The maximum Gasteiger partial charge on any atom is 0.0752 e. The first kappa shape index (κ1) is 8.07. The van der Waals surface area contributed by atoms with E-state index in [-0.39, 0.29) is 0 Å². The number of hydrogen-bond acceptors (Lipinski definition) is 4. The van der Waals surface area contributed by atoms with E-state index in [1.54, 1.807) is 11.3 Å². The summed E-state index contributed by atoms with van der Waals surface area (Å²) in [6.07, 6.45) is 0. The molecule has 2 nitrogen and oxygen atoms in total. The summed E-state index contributed by atoms with van der Waals surface area (Å²) < 4.78 is 1.17. The molecule has 0 radical (unpaired) electrons. The van der Waals surface area contributed by atoms with Crippen LogP contribution in [-0.4, -0.2) is 7.05 Å². The third-order valence-corrected chi connectivity index (χ3v) is 2.83. The zero-order valence-electron chi connectivity index (χ0n) is 5.76. The Morgan fingerprint density at radius 2 is 2.60 bits per heavy atom. The van der Waals surface area contributed by atoms with Gasteiger partial charge in [0.1, 0.15) is 0 Å². The van der Waals surface area contributed by atoms with E-state index in [2.05, 4.69) is 16.8 Å². The quantitative estimate of drug-likeness (QED) is 0.681. The molecule has 1 rings (SSSR count). The Bertz CT molecular complexity index is 197. The van der Waals surface area contributed by atoms with Crippen LogP contribution in [0.5, 0.6) is 0 Å². The molecule has 0 atom stereocenters. The van der Waals surface area contributed by atoms with Gasteiger partial charge in [-0.2, -0.15) is 0 Å². The molecule has 0 aromatic carbocycles. The largest absolute Gasteiger partial charge is 0.316 e. The molecule has 3 N–H and O–H groups in total. The van der Waals surface area contributed by atoms with Gasteiger partial charge in [0, 0.05) is 6.54 Å². The standard InChI is InChI=1S/C6H10N2S2/c1-8-3-5-2-6(10-7)9-4-5/h2,4,8H,3,7H2,1H3. The van der Waals surface area contributed by atoms with E-state index in [9.17, 15) is 0 Å². The van der Waals surface area contributed by atoms with Crippen molar-refractivity contribution in [3.63, 3.8) is 0 Å². The van der Waals surface area contributed by atoms with Crippen LogP contribution in [0.4, 0.5) is 0 Å². The van der Waals surface area contributed by atoms with Crippen molar-refractivity contribution >= 4 is 23.3 Å². The highest BCUT2D eigenvalue weighted by atomic mass is 32.2. The van der Waals surface area contributed by atoms with Gasteiger partial charge in [-0.25, -0.2) is 0 Å². The summed E-state index contributed by atoms with van der Waals surface area (Å²) in [7, 11) is 1.94. The fourth-order valence-electron chi connectivity index (χ4n) is 0.712. The minimum atomic E-state index is 0.928. The molecule has 0 aliphatic heterocycles. The summed E-state index contributed by atoms with van der Waals surface area (Å²) in [6.45, 7) is 0.928. The van der Waals surface area contributed by atoms with Gasteiger partial charge in [-0.1, -0.05) is 0 Å². The minimum Gasteiger partial charge on any atom is -0.316 e. The van der Waals surface area contributed by atoms with Gasteiger partial charge in [0.15, 0.2) is 0 Å². The molecule has 0 aliphatic carbocycles. The van der Waals surface area contributed by atoms with E-state index < -0.39 is 0 Å². The summed E-state index contributed by atoms with van der Waals surface area (Å²) in [6, 6.07) is 2.10. The van der Waals surface area contributed by atoms with E-state index in [0.717, 1.165) is 6.54 Å². The molecule has 1 aromatic heterocycles. The van der Waals surface area contributed by atoms with Gasteiger partial charge >= 0.3 is 0 Å². The van der Waals surface area contributed by atoms with Crippen LogP contribution in [0.3, 0.4) is 0 Å². The van der Waals surface area contributed by atoms with Crippen LogP contribution in [0, 0.1) is 0 Å². The minimum absolute atomic E-state index is 0.928. The van der Waals surface area contributed by atoms with Crippen molar-refractivity contribution in [3.8, 4) is 0 Å². The molecular weight excluding hydrogens is 164 g/mol. The smallest absolute Gasteiger partial charge is 0.0752 e. The monoisotopic (exact) mass is 174 g/mol. The van der Waals surface area contributed by atoms with E-state index in [4.69, 9.17) is 5.14 Å². The average Bonchev–Trinajstić information content (AvgIpc) is 2.37. The van der Waals surface area contributed by atoms with E-state index in [0.29, 0.717) is 0 Å². The molecule has 0 amide bonds. The topological polar surface area (TPSA) is 38.0 Å². The predicted octanol–water partition coefficient (Wildman–Crippen LogP) is 1.43. The lowest BCUT2D eigenvalue weighted by molar-refractivity contribution is 0.820. The van der Waals surface area contributed by atoms with Crippen LogP contribution >= 0.6 is 23.3 Å². The van der Waals surface area contributed by atoms with Gasteiger partial charge < -0.3 is 5.32 Å². The lowest BCUT2D eigenvalue weighted by Gasteiger charge is -1.90. The Labute approximate surface area is 68.9 Å². The van der Waals surface area contributed by atoms with E-state index in [1.807, 2.05) is 7.05 Å². The number of thiophene rings is 1. The SMILES string of the molecule is CNCc1csc(SN)c1. The highest BCUT2D eigenvalue weighted by Crippen LogP contribution is 2.21. The Kier molecular flexibility index (Phi) is 3.21. The zero-order chi connectivity index (χ0) is 7.40. The maximum atomic E-state index is 5.37. The first-order valence-electron chi connectivity index (χ1n) is 2.95. The fraction of sp³-hybridized carbons (Fsp3) is 0.333. The maximum absolute atomic E-state index is 5.37. The molecular formula is C6H10N2S2. The Morgan fingerprint density at radius 3 is 3.10 bits per heavy atom. The zero-order valence-corrected chi connectivity index (χ0v) is 7.39. The summed E-state index contributed by atoms with van der Waals surface area (Å²) in [4.78, 5) is 0. The fourth-order valence-corrected chi connectivity index (χ4v) is 1.94. The van der Waals surface area contributed by atoms with Crippen molar-refractivity contribution in [2.75, 3.05) is 7.05 Å². The molecule has 4 heteroatoms. The second-order valence-electron chi connectivity index (χ2n) is 1.92. The van der Waals surface area contributed by atoms with Crippen LogP contribution in [0.25, 0.3) is 0 Å². The summed E-state index contributed by atoms with van der Waals surface area (Å²) in [5.74, 6) is 0. The molecule has 0 fully saturated rings. The van der Waals surface area contributed by atoms with Crippen LogP contribution in [0.2, 0.25) is 0 Å². The van der Waals surface area contributed by atoms with Gasteiger partial charge in [-0.3, -0.25) is 5.14 Å². The number of hydrogen-bond donors (Lipinski definition) is 2. The van der Waals surface area contributed by atoms with Gasteiger partial charge in [-0.05, 0) is 36.0 Å². The van der Waals surface area contributed by atoms with Crippen LogP contribution in [-0.2, 0) is 6.54 Å². The molecule has 10 heavy (non-hydrogen) atoms. The molecule has 56 valence electrons. The first-order valence-corrected chi connectivity index (χ1v) is 4.71. The van der Waals surface area contributed by atoms with Gasteiger partial charge in [0.25, 0.3) is 0 Å². The predicted molar refractivity (Wildman–Crippen MR) is 47.1 cm³/mol. The van der Waals surface area contributed by atoms with E-state index in [1.165, 1.54) is 21.7 Å². The molecule has 0 unspecified atom stereocenters. The Balaban J connectivity index is 2.59. The molecule has 0 saturated carbocycles. The first-order chi connectivity index (χ1) is 4.86. The Hall–Kier alpha value is -0.0300. The lowest BCUT2D eigenvalue weighted by Crippen LogP contribution is -2.03. The summed E-state index contributed by atoms with van der Waals surface area (Å²) in [5.41, 5.74) is 1.31. The van der Waals surface area contributed by atoms with Gasteiger partial charge in [-0.15, -0.1) is 11.3 Å². The van der Waals surface area contributed by atoms with Crippen molar-refractivity contribution in [1.29, 1.82) is 0 Å². The van der Waals surface area contributed by atoms with Crippen molar-refractivity contribution < 1.29 is 0 Å². The highest BCUT2D eigenvalue weighted by molar-refractivity contribution is 7.99. The molecule has 0 saturated heterocycles. The average molecular weight is 174 g/mol. The highest BCUT2D eigenvalue weighted by Gasteiger charge is 1.95. The lowest BCUT2D eigenvalue weighted by atomic mass is 10.3. The second kappa shape index (κ2) is 3.98. The normalized spacial score (nSPS) is 10.2. The Morgan fingerprint density at radius 1 is 1.80 bits per heavy atom. The molecule has 1 aromatic rings. The molecule has 0 bridgehead atoms. The second-order valence-corrected chi connectivity index (χ2v) is 3.77. The molecule has 0 spiro atoms. The molecule has 0 aliphatic rings. The van der Waals surface area contributed by atoms with Crippen molar-refractivity contribution in [2.45, 2.75) is 10.8 Å². The molecule has 1 heterocycles. The van der Waals surface area contributed by atoms with Crippen LogP contribution in [0.1, 0.15) is 5.56 Å². The number of nitrogens with one attached hydrogen (secondary N) is 1. The third-order valence-electron chi connectivity index (χ3n) is 1.13.